The Hall–Kier alpha value is -0.770. The zero-order chi connectivity index (χ0) is 12.0. The average Bonchev–Trinajstić information content (AvgIpc) is 2.76. The first-order chi connectivity index (χ1) is 7.67. The second-order valence-electron chi connectivity index (χ2n) is 4.96. The summed E-state index contributed by atoms with van der Waals surface area (Å²) >= 11 is 0. The Kier molecular flexibility index (Phi) is 5.60. The van der Waals surface area contributed by atoms with Crippen molar-refractivity contribution >= 4 is 5.96 Å². The highest BCUT2D eigenvalue weighted by atomic mass is 15.3. The topological polar surface area (TPSA) is 62.4 Å². The Morgan fingerprint density at radius 1 is 1.38 bits per heavy atom. The maximum absolute atomic E-state index is 5.51. The first-order valence-electron chi connectivity index (χ1n) is 6.48. The maximum atomic E-state index is 5.51. The van der Waals surface area contributed by atoms with Gasteiger partial charge in [0.25, 0.3) is 0 Å². The molecule has 0 saturated heterocycles. The van der Waals surface area contributed by atoms with Crippen molar-refractivity contribution in [2.24, 2.45) is 16.8 Å². The van der Waals surface area contributed by atoms with E-state index >= 15 is 0 Å². The van der Waals surface area contributed by atoms with E-state index in [4.69, 9.17) is 5.84 Å². The smallest absolute Gasteiger partial charge is 0.206 e. The third-order valence-electron chi connectivity index (χ3n) is 3.34. The Labute approximate surface area is 99.1 Å². The second-order valence-corrected chi connectivity index (χ2v) is 4.96. The number of nitrogens with zero attached hydrogens (tertiary/aromatic N) is 1. The summed E-state index contributed by atoms with van der Waals surface area (Å²) < 4.78 is 0. The molecule has 0 heterocycles. The van der Waals surface area contributed by atoms with Crippen molar-refractivity contribution in [2.45, 2.75) is 65.0 Å². The molecule has 0 aromatic rings. The fraction of sp³-hybridized carbons (Fsp3) is 0.917. The van der Waals surface area contributed by atoms with Gasteiger partial charge in [0.05, 0.1) is 6.04 Å². The van der Waals surface area contributed by atoms with Crippen LogP contribution in [0.4, 0.5) is 0 Å². The van der Waals surface area contributed by atoms with E-state index in [9.17, 15) is 0 Å². The summed E-state index contributed by atoms with van der Waals surface area (Å²) in [6.45, 7) is 6.61. The molecule has 1 fully saturated rings. The molecule has 1 saturated carbocycles. The maximum Gasteiger partial charge on any atom is 0.206 e. The largest absolute Gasteiger partial charge is 0.352 e. The van der Waals surface area contributed by atoms with Crippen molar-refractivity contribution in [1.29, 1.82) is 0 Å². The summed E-state index contributed by atoms with van der Waals surface area (Å²) in [6, 6.07) is 0.902. The van der Waals surface area contributed by atoms with Crippen molar-refractivity contribution in [3.63, 3.8) is 0 Å². The third kappa shape index (κ3) is 4.00. The van der Waals surface area contributed by atoms with Crippen LogP contribution >= 0.6 is 0 Å². The SMILES string of the molecule is CCC(NC(=NC1CCCC1)NN)C(C)C. The zero-order valence-electron chi connectivity index (χ0n) is 10.8. The third-order valence-corrected chi connectivity index (χ3v) is 3.34. The van der Waals surface area contributed by atoms with Crippen molar-refractivity contribution in [1.82, 2.24) is 10.7 Å². The van der Waals surface area contributed by atoms with Gasteiger partial charge in [-0.3, -0.25) is 5.43 Å². The highest BCUT2D eigenvalue weighted by Crippen LogP contribution is 2.20. The van der Waals surface area contributed by atoms with Crippen LogP contribution in [0.1, 0.15) is 52.9 Å². The fourth-order valence-electron chi connectivity index (χ4n) is 2.25. The average molecular weight is 226 g/mol. The molecule has 1 aliphatic carbocycles. The molecule has 4 nitrogen and oxygen atoms in total. The molecule has 1 atom stereocenters. The molecule has 4 N–H and O–H groups in total. The molecular weight excluding hydrogens is 200 g/mol. The van der Waals surface area contributed by atoms with Crippen molar-refractivity contribution in [3.05, 3.63) is 0 Å². The molecule has 0 spiro atoms. The quantitative estimate of drug-likeness (QED) is 0.296. The van der Waals surface area contributed by atoms with Crippen LogP contribution in [-0.2, 0) is 0 Å². The number of hydrogen-bond donors (Lipinski definition) is 3. The van der Waals surface area contributed by atoms with Gasteiger partial charge in [-0.2, -0.15) is 0 Å². The van der Waals surface area contributed by atoms with Crippen LogP contribution in [0.2, 0.25) is 0 Å². The van der Waals surface area contributed by atoms with E-state index < -0.39 is 0 Å². The number of nitrogens with one attached hydrogen (secondary N) is 2. The number of aliphatic imine (C=N–C) groups is 1. The van der Waals surface area contributed by atoms with E-state index in [2.05, 4.69) is 36.5 Å². The lowest BCUT2D eigenvalue weighted by Gasteiger charge is -2.23. The molecule has 0 aromatic heterocycles. The second kappa shape index (κ2) is 6.74. The van der Waals surface area contributed by atoms with E-state index in [1.54, 1.807) is 0 Å². The van der Waals surface area contributed by atoms with Crippen LogP contribution in [0.15, 0.2) is 4.99 Å². The van der Waals surface area contributed by atoms with Crippen molar-refractivity contribution in [2.75, 3.05) is 0 Å². The Morgan fingerprint density at radius 2 is 2.00 bits per heavy atom. The van der Waals surface area contributed by atoms with E-state index in [0.29, 0.717) is 18.0 Å². The standard InChI is InChI=1S/C12H26N4/c1-4-11(9(2)3)15-12(16-13)14-10-7-5-6-8-10/h9-11H,4-8,13H2,1-3H3,(H2,14,15,16). The molecule has 0 aliphatic heterocycles. The first-order valence-corrected chi connectivity index (χ1v) is 6.48. The molecule has 0 aromatic carbocycles. The minimum Gasteiger partial charge on any atom is -0.352 e. The lowest BCUT2D eigenvalue weighted by Crippen LogP contribution is -2.48. The molecule has 0 bridgehead atoms. The molecule has 94 valence electrons. The fourth-order valence-corrected chi connectivity index (χ4v) is 2.25. The molecule has 0 radical (unpaired) electrons. The minimum atomic E-state index is 0.441. The zero-order valence-corrected chi connectivity index (χ0v) is 10.8. The molecule has 1 rings (SSSR count). The van der Waals surface area contributed by atoms with Gasteiger partial charge >= 0.3 is 0 Å². The summed E-state index contributed by atoms with van der Waals surface area (Å²) in [5.74, 6) is 6.86. The number of rotatable bonds is 4. The van der Waals surface area contributed by atoms with Crippen molar-refractivity contribution in [3.8, 4) is 0 Å². The molecular formula is C12H26N4. The van der Waals surface area contributed by atoms with Gasteiger partial charge in [-0.05, 0) is 25.2 Å². The minimum absolute atomic E-state index is 0.441. The summed E-state index contributed by atoms with van der Waals surface area (Å²) in [5, 5.41) is 3.39. The summed E-state index contributed by atoms with van der Waals surface area (Å²) in [5.41, 5.74) is 2.69. The predicted octanol–water partition coefficient (Wildman–Crippen LogP) is 1.77. The Bertz CT molecular complexity index is 219. The van der Waals surface area contributed by atoms with Gasteiger partial charge in [0, 0.05) is 6.04 Å². The monoisotopic (exact) mass is 226 g/mol. The lowest BCUT2D eigenvalue weighted by molar-refractivity contribution is 0.435. The molecule has 1 unspecified atom stereocenters. The van der Waals surface area contributed by atoms with E-state index in [-0.39, 0.29) is 0 Å². The molecule has 4 heteroatoms. The van der Waals surface area contributed by atoms with Gasteiger partial charge in [0.1, 0.15) is 0 Å². The van der Waals surface area contributed by atoms with E-state index in [1.807, 2.05) is 0 Å². The highest BCUT2D eigenvalue weighted by Gasteiger charge is 2.16. The molecule has 0 amide bonds. The van der Waals surface area contributed by atoms with Crippen LogP contribution < -0.4 is 16.6 Å². The summed E-state index contributed by atoms with van der Waals surface area (Å²) in [4.78, 5) is 4.63. The van der Waals surface area contributed by atoms with Crippen LogP contribution in [0, 0.1) is 5.92 Å². The van der Waals surface area contributed by atoms with Gasteiger partial charge in [0.15, 0.2) is 0 Å². The van der Waals surface area contributed by atoms with Gasteiger partial charge in [-0.25, -0.2) is 10.8 Å². The number of hydrogen-bond acceptors (Lipinski definition) is 2. The van der Waals surface area contributed by atoms with Gasteiger partial charge in [-0.1, -0.05) is 33.6 Å². The molecule has 16 heavy (non-hydrogen) atoms. The first kappa shape index (κ1) is 13.3. The predicted molar refractivity (Wildman–Crippen MR) is 69.1 cm³/mol. The van der Waals surface area contributed by atoms with Crippen LogP contribution in [0.25, 0.3) is 0 Å². The van der Waals surface area contributed by atoms with Crippen LogP contribution in [0.3, 0.4) is 0 Å². The molecule has 1 aliphatic rings. The number of nitrogens with two attached hydrogens (primary N) is 1. The van der Waals surface area contributed by atoms with E-state index in [0.717, 1.165) is 12.4 Å². The highest BCUT2D eigenvalue weighted by molar-refractivity contribution is 5.79. The van der Waals surface area contributed by atoms with E-state index in [1.165, 1.54) is 25.7 Å². The Morgan fingerprint density at radius 3 is 2.44 bits per heavy atom. The lowest BCUT2D eigenvalue weighted by atomic mass is 10.0. The summed E-state index contributed by atoms with van der Waals surface area (Å²) in [7, 11) is 0. The Balaban J connectivity index is 2.52. The number of hydrazine groups is 1. The van der Waals surface area contributed by atoms with Gasteiger partial charge < -0.3 is 5.32 Å². The van der Waals surface area contributed by atoms with Crippen LogP contribution in [0.5, 0.6) is 0 Å². The number of guanidine groups is 1. The normalized spacial score (nSPS) is 20.2. The van der Waals surface area contributed by atoms with Gasteiger partial charge in [-0.15, -0.1) is 0 Å². The van der Waals surface area contributed by atoms with Gasteiger partial charge in [0.2, 0.25) is 5.96 Å². The summed E-state index contributed by atoms with van der Waals surface area (Å²) in [6.07, 6.45) is 6.08. The van der Waals surface area contributed by atoms with Crippen LogP contribution in [-0.4, -0.2) is 18.0 Å². The van der Waals surface area contributed by atoms with Crippen molar-refractivity contribution < 1.29 is 0 Å².